The molecule has 1 spiro atoms. The van der Waals surface area contributed by atoms with Crippen LogP contribution in [-0.4, -0.2) is 14.1 Å². The van der Waals surface area contributed by atoms with E-state index in [1.165, 1.54) is 22.4 Å². The first-order valence-electron chi connectivity index (χ1n) is 13.1. The number of quaternary nitrogens is 1. The minimum absolute atomic E-state index is 0.00240. The summed E-state index contributed by atoms with van der Waals surface area (Å²) in [5.41, 5.74) is 11.3. The summed E-state index contributed by atoms with van der Waals surface area (Å²) >= 11 is -1.29. The van der Waals surface area contributed by atoms with Gasteiger partial charge in [-0.05, 0) is 42.0 Å². The van der Waals surface area contributed by atoms with Gasteiger partial charge in [-0.2, -0.15) is 0 Å². The zero-order chi connectivity index (χ0) is 25.4. The SMILES string of the molecule is Cn1c2[n+](c3ccncc31)[N+]13c4c(cccc4-2)Oc2ccc4c(c21)C1c2c(cccc2[S+]4[O-])-c2ccc[n+]3c21. The maximum absolute atomic E-state index is 14.2. The van der Waals surface area contributed by atoms with E-state index in [4.69, 9.17) is 4.74 Å². The first-order valence-corrected chi connectivity index (χ1v) is 14.2. The number of nitrogens with zero attached hydrogens (tertiary/aromatic N) is 5. The molecule has 1 aliphatic carbocycles. The molecule has 4 aliphatic heterocycles. The van der Waals surface area contributed by atoms with Gasteiger partial charge < -0.3 is 9.29 Å². The third-order valence-corrected chi connectivity index (χ3v) is 10.8. The predicted octanol–water partition coefficient (Wildman–Crippen LogP) is 4.75. The fraction of sp³-hybridized carbons (Fsp3) is 0.0645. The van der Waals surface area contributed by atoms with Crippen LogP contribution in [0.1, 0.15) is 22.7 Å². The molecule has 0 saturated carbocycles. The van der Waals surface area contributed by atoms with Gasteiger partial charge in [0.05, 0.1) is 18.8 Å². The van der Waals surface area contributed by atoms with Crippen molar-refractivity contribution < 1.29 is 18.6 Å². The Balaban J connectivity index is 1.46. The summed E-state index contributed by atoms with van der Waals surface area (Å²) < 4.78 is 28.3. The highest BCUT2D eigenvalue weighted by Gasteiger charge is 2.74. The van der Waals surface area contributed by atoms with Crippen LogP contribution in [0.4, 0.5) is 11.4 Å². The monoisotopic (exact) mass is 524 g/mol. The number of hydrogen-bond donors (Lipinski definition) is 0. The van der Waals surface area contributed by atoms with E-state index in [0.29, 0.717) is 4.70 Å². The molecule has 11 rings (SSSR count). The molecule has 0 saturated heterocycles. The molecule has 3 aromatic heterocycles. The fourth-order valence-electron chi connectivity index (χ4n) is 8.09. The highest BCUT2D eigenvalue weighted by Crippen LogP contribution is 2.66. The van der Waals surface area contributed by atoms with Crippen molar-refractivity contribution in [1.82, 2.24) is 14.3 Å². The molecule has 3 unspecified atom stereocenters. The summed E-state index contributed by atoms with van der Waals surface area (Å²) in [6.07, 6.45) is 6.02. The molecule has 8 heteroatoms. The highest BCUT2D eigenvalue weighted by molar-refractivity contribution is 7.91. The van der Waals surface area contributed by atoms with Crippen molar-refractivity contribution in [3.8, 4) is 34.0 Å². The predicted molar refractivity (Wildman–Crippen MR) is 143 cm³/mol. The number of aromatic nitrogens is 4. The van der Waals surface area contributed by atoms with Crippen molar-refractivity contribution in [3.05, 3.63) is 102 Å². The Morgan fingerprint density at radius 3 is 2.67 bits per heavy atom. The number of pyridine rings is 2. The van der Waals surface area contributed by atoms with Gasteiger partial charge in [-0.1, -0.05) is 18.2 Å². The summed E-state index contributed by atoms with van der Waals surface area (Å²) in [6, 6.07) is 23.1. The van der Waals surface area contributed by atoms with Crippen molar-refractivity contribution in [2.24, 2.45) is 7.05 Å². The van der Waals surface area contributed by atoms with Gasteiger partial charge in [-0.3, -0.25) is 4.98 Å². The van der Waals surface area contributed by atoms with Gasteiger partial charge in [0.15, 0.2) is 26.8 Å². The van der Waals surface area contributed by atoms with Crippen LogP contribution in [-0.2, 0) is 18.2 Å². The van der Waals surface area contributed by atoms with Gasteiger partial charge in [0, 0.05) is 44.4 Å². The minimum atomic E-state index is -1.29. The molecule has 5 aliphatic rings. The van der Waals surface area contributed by atoms with E-state index in [0.717, 1.165) is 60.6 Å². The smallest absolute Gasteiger partial charge is 0.354 e. The molecule has 0 bridgehead atoms. The number of rotatable bonds is 0. The van der Waals surface area contributed by atoms with Gasteiger partial charge in [-0.15, -0.1) is 0 Å². The summed E-state index contributed by atoms with van der Waals surface area (Å²) in [5.74, 6) is 2.72. The molecule has 39 heavy (non-hydrogen) atoms. The average molecular weight is 525 g/mol. The maximum Gasteiger partial charge on any atom is 0.354 e. The van der Waals surface area contributed by atoms with E-state index in [-0.39, 0.29) is 5.92 Å². The lowest BCUT2D eigenvalue weighted by Crippen LogP contribution is -2.85. The van der Waals surface area contributed by atoms with Gasteiger partial charge in [-0.25, -0.2) is 4.57 Å². The molecule has 0 amide bonds. The molecule has 0 N–H and O–H groups in total. The lowest BCUT2D eigenvalue weighted by molar-refractivity contribution is -1.03. The number of imidazole rings is 1. The van der Waals surface area contributed by atoms with Crippen LogP contribution in [0.2, 0.25) is 0 Å². The third kappa shape index (κ3) is 1.76. The van der Waals surface area contributed by atoms with E-state index < -0.39 is 11.2 Å². The average Bonchev–Trinajstić information content (AvgIpc) is 3.58. The van der Waals surface area contributed by atoms with E-state index in [9.17, 15) is 4.55 Å². The Labute approximate surface area is 225 Å². The summed E-state index contributed by atoms with van der Waals surface area (Å²) in [5, 5.41) is 0. The van der Waals surface area contributed by atoms with Crippen LogP contribution in [0.25, 0.3) is 33.5 Å². The number of benzene rings is 3. The normalized spacial score (nSPS) is 22.4. The second kappa shape index (κ2) is 5.89. The van der Waals surface area contributed by atoms with Gasteiger partial charge in [0.2, 0.25) is 11.7 Å². The van der Waals surface area contributed by atoms with E-state index >= 15 is 0 Å². The van der Waals surface area contributed by atoms with Crippen LogP contribution >= 0.6 is 0 Å². The molecule has 0 fully saturated rings. The van der Waals surface area contributed by atoms with Gasteiger partial charge in [0.25, 0.3) is 17.1 Å². The first-order chi connectivity index (χ1) is 19.2. The van der Waals surface area contributed by atoms with Crippen molar-refractivity contribution in [2.75, 3.05) is 0 Å². The second-order valence-electron chi connectivity index (χ2n) is 10.8. The zero-order valence-corrected chi connectivity index (χ0v) is 21.4. The van der Waals surface area contributed by atoms with Gasteiger partial charge >= 0.3 is 5.82 Å². The maximum atomic E-state index is 14.2. The van der Waals surface area contributed by atoms with E-state index in [1.54, 1.807) is 0 Å². The Morgan fingerprint density at radius 1 is 0.897 bits per heavy atom. The van der Waals surface area contributed by atoms with Crippen LogP contribution in [0, 0.1) is 0 Å². The van der Waals surface area contributed by atoms with Gasteiger partial charge in [0.1, 0.15) is 21.7 Å². The Morgan fingerprint density at radius 2 is 1.72 bits per heavy atom. The lowest BCUT2D eigenvalue weighted by Gasteiger charge is -2.36. The molecule has 3 atom stereocenters. The Hall–Kier alpha value is -4.50. The molecule has 3 aromatic carbocycles. The Kier molecular flexibility index (Phi) is 2.95. The van der Waals surface area contributed by atoms with Crippen molar-refractivity contribution >= 4 is 33.6 Å². The Bertz CT molecular complexity index is 2220. The van der Waals surface area contributed by atoms with Crippen molar-refractivity contribution in [1.29, 1.82) is 0 Å². The quantitative estimate of drug-likeness (QED) is 0.163. The van der Waals surface area contributed by atoms with E-state index in [1.807, 2.05) is 36.7 Å². The first kappa shape index (κ1) is 19.6. The number of fused-ring (bicyclic) bond motifs is 5. The van der Waals surface area contributed by atoms with Crippen LogP contribution in [0.3, 0.4) is 0 Å². The van der Waals surface area contributed by atoms with E-state index in [2.05, 4.69) is 74.6 Å². The largest absolute Gasteiger partial charge is 0.606 e. The molecule has 7 heterocycles. The number of para-hydroxylation sites is 1. The number of hydrogen-bond acceptors (Lipinski definition) is 3. The number of ether oxygens (including phenoxy) is 1. The molecule has 7 nitrogen and oxygen atoms in total. The minimum Gasteiger partial charge on any atom is -0.606 e. The summed E-state index contributed by atoms with van der Waals surface area (Å²) in [6.45, 7) is 0. The highest BCUT2D eigenvalue weighted by atomic mass is 32.2. The summed E-state index contributed by atoms with van der Waals surface area (Å²) in [4.78, 5) is 6.28. The second-order valence-corrected chi connectivity index (χ2v) is 12.2. The van der Waals surface area contributed by atoms with Crippen molar-refractivity contribution in [3.63, 3.8) is 0 Å². The standard InChI is InChI=1S/C31H18N5O2S/c1-33-20-15-32-13-12-19(20)35-31(33)18-6-2-8-21-29(18)36(35)30-22(38-21)10-11-24-26(30)27-25-16(5-3-9-23(25)39(24)37)17-7-4-14-34(36)28(17)27/h2-15,27H,1H3/q+3. The third-order valence-electron chi connectivity index (χ3n) is 9.33. The lowest BCUT2D eigenvalue weighted by atomic mass is 9.87. The molecule has 182 valence electrons. The number of aryl methyl sites for hydroxylation is 1. The molecular weight excluding hydrogens is 506 g/mol. The van der Waals surface area contributed by atoms with Crippen LogP contribution in [0.5, 0.6) is 11.5 Å². The van der Waals surface area contributed by atoms with Crippen LogP contribution in [0.15, 0.2) is 95.1 Å². The summed E-state index contributed by atoms with van der Waals surface area (Å²) in [7, 11) is 2.11. The fourth-order valence-corrected chi connectivity index (χ4v) is 9.56. The van der Waals surface area contributed by atoms with Crippen LogP contribution < -0.4 is 18.8 Å². The molecule has 6 aromatic rings. The molecule has 0 radical (unpaired) electrons. The topological polar surface area (TPSA) is 57.9 Å². The molecular formula is C31H18N5O2S+3. The zero-order valence-electron chi connectivity index (χ0n) is 20.6. The van der Waals surface area contributed by atoms with Crippen molar-refractivity contribution in [2.45, 2.75) is 15.7 Å².